The van der Waals surface area contributed by atoms with Crippen molar-refractivity contribution in [2.45, 2.75) is 19.1 Å². The minimum atomic E-state index is -4.54. The standard InChI is InChI=1S/C22H16F3N3O4/c23-22(24,25)12-4-1-3-11(7-12)10-28-15-6-2-5-13(21(26)32)18(15)19-16(29)9-27-14(20(19)28)8-17(30)31/h1-7H,8-10H2,(H2,26,32)(H,30,31). The van der Waals surface area contributed by atoms with Gasteiger partial charge in [0.1, 0.15) is 6.54 Å². The molecule has 0 unspecified atom stereocenters. The first-order valence-corrected chi connectivity index (χ1v) is 9.47. The van der Waals surface area contributed by atoms with E-state index in [4.69, 9.17) is 5.73 Å². The van der Waals surface area contributed by atoms with Gasteiger partial charge in [0.2, 0.25) is 5.91 Å². The first-order valence-electron chi connectivity index (χ1n) is 9.47. The highest BCUT2D eigenvalue weighted by Crippen LogP contribution is 2.34. The molecular weight excluding hydrogens is 427 g/mol. The average Bonchev–Trinajstić information content (AvgIpc) is 3.05. The lowest BCUT2D eigenvalue weighted by molar-refractivity contribution is -0.138. The highest BCUT2D eigenvalue weighted by atomic mass is 19.4. The maximum atomic E-state index is 13.2. The van der Waals surface area contributed by atoms with Gasteiger partial charge in [-0.05, 0) is 29.8 Å². The van der Waals surface area contributed by atoms with Gasteiger partial charge in [-0.2, -0.15) is 13.2 Å². The van der Waals surface area contributed by atoms with Gasteiger partial charge in [-0.3, -0.25) is 19.4 Å². The molecule has 0 bridgehead atoms. The Labute approximate surface area is 179 Å². The number of aromatic nitrogens is 1. The minimum absolute atomic E-state index is 0.0615. The molecule has 1 aliphatic rings. The van der Waals surface area contributed by atoms with Crippen LogP contribution in [0.25, 0.3) is 10.9 Å². The Kier molecular flexibility index (Phi) is 5.08. The summed E-state index contributed by atoms with van der Waals surface area (Å²) >= 11 is 0. The second-order valence-corrected chi connectivity index (χ2v) is 7.33. The van der Waals surface area contributed by atoms with Crippen LogP contribution in [-0.2, 0) is 17.5 Å². The normalized spacial score (nSPS) is 13.7. The monoisotopic (exact) mass is 443 g/mol. The van der Waals surface area contributed by atoms with E-state index in [-0.39, 0.29) is 46.6 Å². The van der Waals surface area contributed by atoms with Crippen molar-refractivity contribution < 1.29 is 32.7 Å². The summed E-state index contributed by atoms with van der Waals surface area (Å²) in [7, 11) is 0. The number of nitrogens with two attached hydrogens (primary N) is 1. The third-order valence-corrected chi connectivity index (χ3v) is 5.23. The molecule has 0 aliphatic carbocycles. The van der Waals surface area contributed by atoms with E-state index in [9.17, 15) is 32.7 Å². The van der Waals surface area contributed by atoms with Crippen molar-refractivity contribution in [2.75, 3.05) is 6.54 Å². The number of rotatable bonds is 5. The number of carboxylic acids is 1. The van der Waals surface area contributed by atoms with E-state index in [1.54, 1.807) is 6.07 Å². The van der Waals surface area contributed by atoms with Gasteiger partial charge in [0.25, 0.3) is 0 Å². The lowest BCUT2D eigenvalue weighted by atomic mass is 9.96. The van der Waals surface area contributed by atoms with Crippen LogP contribution < -0.4 is 5.73 Å². The summed E-state index contributed by atoms with van der Waals surface area (Å²) in [4.78, 5) is 40.3. The number of primary amides is 1. The third kappa shape index (κ3) is 3.64. The number of aliphatic imine (C=N–C) groups is 1. The van der Waals surface area contributed by atoms with Crippen LogP contribution in [0.2, 0.25) is 0 Å². The zero-order chi connectivity index (χ0) is 23.2. The van der Waals surface area contributed by atoms with Crippen molar-refractivity contribution >= 4 is 34.3 Å². The Bertz CT molecular complexity index is 1320. The summed E-state index contributed by atoms with van der Waals surface area (Å²) in [5.74, 6) is -2.41. The lowest BCUT2D eigenvalue weighted by Crippen LogP contribution is -2.24. The molecule has 0 atom stereocenters. The van der Waals surface area contributed by atoms with Crippen molar-refractivity contribution in [3.63, 3.8) is 0 Å². The number of hydrogen-bond acceptors (Lipinski definition) is 4. The van der Waals surface area contributed by atoms with Gasteiger partial charge in [0.05, 0.1) is 34.5 Å². The number of alkyl halides is 3. The molecule has 1 amide bonds. The molecule has 3 aromatic rings. The SMILES string of the molecule is NC(=O)c1cccc2c1c1c(n2Cc2cccc(C(F)(F)F)c2)C(CC(=O)O)=NCC1=O. The topological polar surface area (TPSA) is 115 Å². The smallest absolute Gasteiger partial charge is 0.416 e. The fourth-order valence-corrected chi connectivity index (χ4v) is 3.98. The number of amides is 1. The van der Waals surface area contributed by atoms with Crippen LogP contribution in [0.15, 0.2) is 47.5 Å². The van der Waals surface area contributed by atoms with Gasteiger partial charge in [0.15, 0.2) is 5.78 Å². The van der Waals surface area contributed by atoms with Crippen molar-refractivity contribution in [1.82, 2.24) is 4.57 Å². The van der Waals surface area contributed by atoms with E-state index in [0.717, 1.165) is 12.1 Å². The molecule has 32 heavy (non-hydrogen) atoms. The first-order chi connectivity index (χ1) is 15.1. The number of carboxylic acid groups (broad SMARTS) is 1. The molecule has 0 spiro atoms. The fraction of sp³-hybridized carbons (Fsp3) is 0.182. The molecule has 10 heteroatoms. The first kappa shape index (κ1) is 21.3. The van der Waals surface area contributed by atoms with Gasteiger partial charge >= 0.3 is 12.1 Å². The van der Waals surface area contributed by atoms with Crippen LogP contribution in [0.4, 0.5) is 13.2 Å². The number of hydrogen-bond donors (Lipinski definition) is 2. The number of carbonyl (C=O) groups is 3. The van der Waals surface area contributed by atoms with Crippen molar-refractivity contribution in [3.8, 4) is 0 Å². The molecular formula is C22H16F3N3O4. The van der Waals surface area contributed by atoms with Gasteiger partial charge in [0, 0.05) is 17.5 Å². The Morgan fingerprint density at radius 1 is 1.16 bits per heavy atom. The largest absolute Gasteiger partial charge is 0.481 e. The highest BCUT2D eigenvalue weighted by molar-refractivity contribution is 6.26. The summed E-state index contributed by atoms with van der Waals surface area (Å²) in [5, 5.41) is 9.55. The Morgan fingerprint density at radius 2 is 1.88 bits per heavy atom. The quantitative estimate of drug-likeness (QED) is 0.630. The zero-order valence-electron chi connectivity index (χ0n) is 16.4. The number of ketones is 1. The van der Waals surface area contributed by atoms with Crippen molar-refractivity contribution in [3.05, 3.63) is 70.4 Å². The van der Waals surface area contributed by atoms with Crippen molar-refractivity contribution in [1.29, 1.82) is 0 Å². The predicted molar refractivity (Wildman–Crippen MR) is 109 cm³/mol. The van der Waals surface area contributed by atoms with Gasteiger partial charge < -0.3 is 15.4 Å². The van der Waals surface area contributed by atoms with Gasteiger partial charge in [-0.1, -0.05) is 18.2 Å². The average molecular weight is 443 g/mol. The molecule has 1 aromatic heterocycles. The predicted octanol–water partition coefficient (Wildman–Crippen LogP) is 3.27. The number of nitrogens with zero attached hydrogens (tertiary/aromatic N) is 2. The zero-order valence-corrected chi connectivity index (χ0v) is 16.4. The molecule has 164 valence electrons. The van der Waals surface area contributed by atoms with Gasteiger partial charge in [-0.15, -0.1) is 0 Å². The number of carbonyl (C=O) groups excluding carboxylic acids is 2. The number of benzene rings is 2. The Balaban J connectivity index is 2.00. The molecule has 0 saturated heterocycles. The van der Waals surface area contributed by atoms with Crippen LogP contribution in [-0.4, -0.2) is 39.6 Å². The summed E-state index contributed by atoms with van der Waals surface area (Å²) in [6.07, 6.45) is -5.04. The maximum Gasteiger partial charge on any atom is 0.416 e. The molecule has 1 aliphatic heterocycles. The third-order valence-electron chi connectivity index (χ3n) is 5.23. The van der Waals surface area contributed by atoms with Crippen LogP contribution in [0, 0.1) is 0 Å². The molecule has 0 fully saturated rings. The second kappa shape index (κ2) is 7.63. The summed E-state index contributed by atoms with van der Waals surface area (Å²) in [6.45, 7) is -0.407. The van der Waals surface area contributed by atoms with Crippen LogP contribution in [0.5, 0.6) is 0 Å². The van der Waals surface area contributed by atoms with Crippen LogP contribution in [0.1, 0.15) is 44.0 Å². The van der Waals surface area contributed by atoms with Crippen LogP contribution in [0.3, 0.4) is 0 Å². The second-order valence-electron chi connectivity index (χ2n) is 7.33. The Hall–Kier alpha value is -3.95. The van der Waals surface area contributed by atoms with E-state index in [1.807, 2.05) is 0 Å². The molecule has 0 saturated carbocycles. The van der Waals surface area contributed by atoms with E-state index in [0.29, 0.717) is 5.52 Å². The van der Waals surface area contributed by atoms with E-state index < -0.39 is 35.8 Å². The summed E-state index contributed by atoms with van der Waals surface area (Å²) in [6, 6.07) is 9.25. The molecule has 0 radical (unpaired) electrons. The van der Waals surface area contributed by atoms with Crippen LogP contribution >= 0.6 is 0 Å². The highest BCUT2D eigenvalue weighted by Gasteiger charge is 2.33. The van der Waals surface area contributed by atoms with E-state index >= 15 is 0 Å². The Morgan fingerprint density at radius 3 is 2.53 bits per heavy atom. The number of Topliss-reactive ketones (excluding diaryl/α,β-unsaturated/α-hetero) is 1. The molecule has 4 rings (SSSR count). The van der Waals surface area contributed by atoms with E-state index in [2.05, 4.69) is 4.99 Å². The van der Waals surface area contributed by atoms with Crippen molar-refractivity contribution in [2.24, 2.45) is 10.7 Å². The van der Waals surface area contributed by atoms with E-state index in [1.165, 1.54) is 28.8 Å². The lowest BCUT2D eigenvalue weighted by Gasteiger charge is -2.17. The summed E-state index contributed by atoms with van der Waals surface area (Å²) < 4.78 is 41.1. The minimum Gasteiger partial charge on any atom is -0.481 e. The fourth-order valence-electron chi connectivity index (χ4n) is 3.98. The molecule has 2 heterocycles. The maximum absolute atomic E-state index is 13.2. The number of fused-ring (bicyclic) bond motifs is 3. The molecule has 2 aromatic carbocycles. The number of halogens is 3. The summed E-state index contributed by atoms with van der Waals surface area (Å²) in [5.41, 5.74) is 5.74. The molecule has 7 nitrogen and oxygen atoms in total. The number of aliphatic carboxylic acids is 1. The molecule has 3 N–H and O–H groups in total. The van der Waals surface area contributed by atoms with Gasteiger partial charge in [-0.25, -0.2) is 0 Å².